The summed E-state index contributed by atoms with van der Waals surface area (Å²) < 4.78 is 7.54. The Bertz CT molecular complexity index is 119. The zero-order chi connectivity index (χ0) is 8.53. The van der Waals surface area contributed by atoms with Crippen molar-refractivity contribution in [3.8, 4) is 0 Å². The summed E-state index contributed by atoms with van der Waals surface area (Å²) in [6.45, 7) is 2.94. The Labute approximate surface area is 95.3 Å². The van der Waals surface area contributed by atoms with Gasteiger partial charge in [-0.15, -0.1) is 24.8 Å². The molecule has 0 aliphatic rings. The lowest BCUT2D eigenvalue weighted by Gasteiger charge is -2.02. The fourth-order valence-electron chi connectivity index (χ4n) is 0.436. The van der Waals surface area contributed by atoms with Gasteiger partial charge >= 0.3 is 5.97 Å². The average Bonchev–Trinajstić information content (AvgIpc) is 2.01. The maximum atomic E-state index is 10.7. The van der Waals surface area contributed by atoms with Crippen LogP contribution >= 0.6 is 36.8 Å². The number of carbonyl (C=O) groups is 1. The molecule has 0 aliphatic carbocycles. The van der Waals surface area contributed by atoms with Crippen LogP contribution in [0.15, 0.2) is 0 Å². The van der Waals surface area contributed by atoms with Crippen molar-refractivity contribution in [3.63, 3.8) is 0 Å². The van der Waals surface area contributed by atoms with Gasteiger partial charge in [0.15, 0.2) is 0 Å². The first-order valence-electron chi connectivity index (χ1n) is 3.51. The van der Waals surface area contributed by atoms with Gasteiger partial charge in [0.05, 0.1) is 0 Å². The Morgan fingerprint density at radius 2 is 2.15 bits per heavy atom. The molecule has 82 valence electrons. The van der Waals surface area contributed by atoms with Gasteiger partial charge < -0.3 is 10.5 Å². The molecule has 0 heterocycles. The lowest BCUT2D eigenvalue weighted by Crippen LogP contribution is -2.22. The number of carbonyl (C=O) groups excluding carboxylic acids is 1. The van der Waals surface area contributed by atoms with E-state index in [2.05, 4.69) is 4.72 Å². The van der Waals surface area contributed by atoms with Crippen molar-refractivity contribution in [1.82, 2.24) is 4.72 Å². The first-order valence-corrected chi connectivity index (χ1v) is 4.50. The fraction of sp³-hybridized carbons (Fsp3) is 0.833. The van der Waals surface area contributed by atoms with Gasteiger partial charge in [-0.1, -0.05) is 18.9 Å². The molecule has 7 heteroatoms. The van der Waals surface area contributed by atoms with Crippen LogP contribution in [0.4, 0.5) is 0 Å². The second-order valence-electron chi connectivity index (χ2n) is 1.76. The maximum Gasteiger partial charge on any atom is 0.320 e. The molecule has 0 aromatic carbocycles. The van der Waals surface area contributed by atoms with E-state index in [0.29, 0.717) is 13.2 Å². The van der Waals surface area contributed by atoms with E-state index >= 15 is 0 Å². The van der Waals surface area contributed by atoms with E-state index in [0.717, 1.165) is 5.75 Å². The molecule has 13 heavy (non-hydrogen) atoms. The van der Waals surface area contributed by atoms with Gasteiger partial charge in [0.1, 0.15) is 13.2 Å². The van der Waals surface area contributed by atoms with Crippen molar-refractivity contribution in [2.75, 3.05) is 25.4 Å². The molecule has 0 amide bonds. The van der Waals surface area contributed by atoms with Gasteiger partial charge in [0, 0.05) is 12.3 Å². The molecule has 0 aliphatic heterocycles. The van der Waals surface area contributed by atoms with Crippen molar-refractivity contribution in [2.45, 2.75) is 6.92 Å². The molecule has 0 aromatic heterocycles. The van der Waals surface area contributed by atoms with E-state index in [1.54, 1.807) is 0 Å². The number of nitrogens with one attached hydrogen (secondary N) is 1. The largest absolute Gasteiger partial charge is 0.463 e. The third-order valence-corrected chi connectivity index (χ3v) is 1.48. The smallest absolute Gasteiger partial charge is 0.320 e. The van der Waals surface area contributed by atoms with Crippen LogP contribution in [0, 0.1) is 0 Å². The molecule has 0 saturated heterocycles. The van der Waals surface area contributed by atoms with Crippen LogP contribution in [0.5, 0.6) is 0 Å². The van der Waals surface area contributed by atoms with Crippen LogP contribution in [0.2, 0.25) is 0 Å². The molecule has 3 N–H and O–H groups in total. The van der Waals surface area contributed by atoms with Crippen molar-refractivity contribution in [3.05, 3.63) is 0 Å². The number of nitrogens with two attached hydrogens (primary N) is 1. The minimum absolute atomic E-state index is 0. The Hall–Kier alpha value is 0.320. The summed E-state index contributed by atoms with van der Waals surface area (Å²) >= 11 is 1.49. The number of hydrogen-bond acceptors (Lipinski definition) is 5. The second kappa shape index (κ2) is 14.8. The van der Waals surface area contributed by atoms with Crippen LogP contribution in [0.3, 0.4) is 0 Å². The van der Waals surface area contributed by atoms with Gasteiger partial charge in [-0.05, 0) is 0 Å². The number of hydrogen-bond donors (Lipinski definition) is 2. The molecule has 0 bridgehead atoms. The van der Waals surface area contributed by atoms with Crippen molar-refractivity contribution < 1.29 is 9.53 Å². The van der Waals surface area contributed by atoms with Crippen LogP contribution < -0.4 is 10.5 Å². The number of esters is 1. The zero-order valence-corrected chi connectivity index (χ0v) is 9.90. The molecule has 0 atom stereocenters. The summed E-state index contributed by atoms with van der Waals surface area (Å²) in [7, 11) is 0. The predicted molar refractivity (Wildman–Crippen MR) is 60.6 cm³/mol. The van der Waals surface area contributed by atoms with E-state index in [4.69, 9.17) is 10.5 Å². The quantitative estimate of drug-likeness (QED) is 0.411. The van der Waals surface area contributed by atoms with Crippen LogP contribution in [-0.4, -0.2) is 31.4 Å². The van der Waals surface area contributed by atoms with Crippen LogP contribution in [0.25, 0.3) is 0 Å². The minimum Gasteiger partial charge on any atom is -0.463 e. The molecule has 4 nitrogen and oxygen atoms in total. The molecule has 0 fully saturated rings. The van der Waals surface area contributed by atoms with Gasteiger partial charge in [-0.2, -0.15) is 0 Å². The number of halogens is 2. The highest BCUT2D eigenvalue weighted by molar-refractivity contribution is 7.97. The molecule has 0 aromatic rings. The van der Waals surface area contributed by atoms with E-state index in [-0.39, 0.29) is 37.3 Å². The second-order valence-corrected chi connectivity index (χ2v) is 2.92. The van der Waals surface area contributed by atoms with Crippen molar-refractivity contribution >= 4 is 42.7 Å². The predicted octanol–water partition coefficient (Wildman–Crippen LogP) is 0.590. The molecule has 0 unspecified atom stereocenters. The highest BCUT2D eigenvalue weighted by Crippen LogP contribution is 1.89. The Morgan fingerprint density at radius 3 is 2.62 bits per heavy atom. The van der Waals surface area contributed by atoms with Gasteiger partial charge in [0.2, 0.25) is 0 Å². The normalized spacial score (nSPS) is 8.15. The molecular weight excluding hydrogens is 235 g/mol. The Morgan fingerprint density at radius 1 is 1.54 bits per heavy atom. The fourth-order valence-corrected chi connectivity index (χ4v) is 0.860. The van der Waals surface area contributed by atoms with Crippen LogP contribution in [0.1, 0.15) is 6.92 Å². The molecule has 0 rings (SSSR count). The topological polar surface area (TPSA) is 64.3 Å². The molecule has 0 radical (unpaired) electrons. The van der Waals surface area contributed by atoms with E-state index in [1.807, 2.05) is 6.92 Å². The first-order chi connectivity index (χ1) is 5.31. The average molecular weight is 251 g/mol. The van der Waals surface area contributed by atoms with Crippen molar-refractivity contribution in [2.24, 2.45) is 5.73 Å². The maximum absolute atomic E-state index is 10.7. The molecular formula is C6H16Cl2N2O2S. The third kappa shape index (κ3) is 15.1. The Balaban J connectivity index is -0.000000500. The zero-order valence-electron chi connectivity index (χ0n) is 7.45. The Kier molecular flexibility index (Phi) is 21.6. The summed E-state index contributed by atoms with van der Waals surface area (Å²) in [5.74, 6) is 0.681. The van der Waals surface area contributed by atoms with E-state index in [9.17, 15) is 4.79 Å². The monoisotopic (exact) mass is 250 g/mol. The lowest BCUT2D eigenvalue weighted by molar-refractivity contribution is -0.141. The highest BCUT2D eigenvalue weighted by atomic mass is 35.5. The van der Waals surface area contributed by atoms with Gasteiger partial charge in [0.25, 0.3) is 0 Å². The first kappa shape index (κ1) is 19.0. The number of ether oxygens (including phenoxy) is 1. The van der Waals surface area contributed by atoms with E-state index < -0.39 is 0 Å². The number of rotatable bonds is 6. The summed E-state index contributed by atoms with van der Waals surface area (Å²) in [6.07, 6.45) is 0. The summed E-state index contributed by atoms with van der Waals surface area (Å²) in [5.41, 5.74) is 5.13. The minimum atomic E-state index is -0.253. The molecule has 0 saturated carbocycles. The summed E-state index contributed by atoms with van der Waals surface area (Å²) in [6, 6.07) is 0. The highest BCUT2D eigenvalue weighted by Gasteiger charge is 1.99. The summed E-state index contributed by atoms with van der Waals surface area (Å²) in [5, 5.41) is 0. The SMILES string of the molecule is CCSNCC(=O)OCCN.Cl.Cl. The lowest BCUT2D eigenvalue weighted by atomic mass is 10.6. The standard InChI is InChI=1S/C6H14N2O2S.2ClH/c1-2-11-8-5-6(9)10-4-3-7;;/h8H,2-5,7H2,1H3;2*1H. The van der Waals surface area contributed by atoms with Gasteiger partial charge in [-0.25, -0.2) is 0 Å². The van der Waals surface area contributed by atoms with Crippen LogP contribution in [-0.2, 0) is 9.53 Å². The molecule has 0 spiro atoms. The van der Waals surface area contributed by atoms with E-state index in [1.165, 1.54) is 11.9 Å². The third-order valence-electron chi connectivity index (χ3n) is 0.844. The van der Waals surface area contributed by atoms with Crippen molar-refractivity contribution in [1.29, 1.82) is 0 Å². The van der Waals surface area contributed by atoms with Gasteiger partial charge in [-0.3, -0.25) is 9.52 Å². The summed E-state index contributed by atoms with van der Waals surface area (Å²) in [4.78, 5) is 10.7.